The molecule has 0 bridgehead atoms. The second kappa shape index (κ2) is 10.3. The van der Waals surface area contributed by atoms with Crippen molar-refractivity contribution < 1.29 is 24.2 Å². The number of rotatable bonds is 8. The highest BCUT2D eigenvalue weighted by molar-refractivity contribution is 6.46. The zero-order chi connectivity index (χ0) is 24.1. The molecule has 1 N–H and O–H groups in total. The molecule has 1 unspecified atom stereocenters. The molecule has 34 heavy (non-hydrogen) atoms. The fourth-order valence-electron chi connectivity index (χ4n) is 4.03. The molecule has 1 aromatic heterocycles. The lowest BCUT2D eigenvalue weighted by atomic mass is 9.96. The molecule has 1 amide bonds. The van der Waals surface area contributed by atoms with Crippen molar-refractivity contribution in [2.24, 2.45) is 0 Å². The van der Waals surface area contributed by atoms with Crippen LogP contribution >= 0.6 is 0 Å². The third-order valence-corrected chi connectivity index (χ3v) is 5.71. The van der Waals surface area contributed by atoms with Crippen molar-refractivity contribution >= 4 is 17.4 Å². The number of nitrogens with zero attached hydrogens (tertiary/aromatic N) is 2. The molecule has 0 radical (unpaired) electrons. The summed E-state index contributed by atoms with van der Waals surface area (Å²) in [5.74, 6) is -0.997. The number of methoxy groups -OCH3 is 1. The summed E-state index contributed by atoms with van der Waals surface area (Å²) in [7, 11) is 1.53. The Morgan fingerprint density at radius 3 is 2.47 bits per heavy atom. The Hall–Kier alpha value is -3.97. The number of ether oxygens (including phenoxy) is 2. The first-order valence-corrected chi connectivity index (χ1v) is 11.0. The number of aromatic nitrogens is 1. The molecular formula is C27H26N2O5. The highest BCUT2D eigenvalue weighted by Gasteiger charge is 2.45. The number of ketones is 1. The van der Waals surface area contributed by atoms with Crippen molar-refractivity contribution in [3.05, 3.63) is 101 Å². The van der Waals surface area contributed by atoms with Gasteiger partial charge in [0.15, 0.2) is 0 Å². The number of aliphatic hydroxyl groups is 1. The van der Waals surface area contributed by atoms with Crippen LogP contribution in [-0.2, 0) is 20.9 Å². The van der Waals surface area contributed by atoms with Gasteiger partial charge < -0.3 is 19.5 Å². The summed E-state index contributed by atoms with van der Waals surface area (Å²) in [5, 5.41) is 11.1. The maximum Gasteiger partial charge on any atom is 0.295 e. The minimum Gasteiger partial charge on any atom is -0.507 e. The third kappa shape index (κ3) is 4.84. The standard InChI is InChI=1S/C27H26N2O5/c1-18-4-3-5-19(16-18)17-34-22-8-6-21(7-9-22)25(30)23-24(20-10-12-28-13-11-20)29(14-15-33-2)27(32)26(23)31/h3-13,16,24,30H,14-15,17H2,1-2H3. The van der Waals surface area contributed by atoms with Crippen LogP contribution in [0.1, 0.15) is 28.3 Å². The van der Waals surface area contributed by atoms with Crippen molar-refractivity contribution in [2.45, 2.75) is 19.6 Å². The van der Waals surface area contributed by atoms with Crippen molar-refractivity contribution in [3.63, 3.8) is 0 Å². The number of hydrogen-bond donors (Lipinski definition) is 1. The SMILES string of the molecule is COCCN1C(=O)C(=O)C(=C(O)c2ccc(OCc3cccc(C)c3)cc2)C1c1ccncc1. The number of pyridine rings is 1. The molecule has 0 saturated carbocycles. The molecule has 1 aliphatic heterocycles. The van der Waals surface area contributed by atoms with Crippen molar-refractivity contribution in [1.82, 2.24) is 9.88 Å². The first kappa shape index (κ1) is 23.2. The molecule has 4 rings (SSSR count). The van der Waals surface area contributed by atoms with E-state index in [0.717, 1.165) is 11.1 Å². The molecule has 0 aliphatic carbocycles. The van der Waals surface area contributed by atoms with Crippen LogP contribution in [0, 0.1) is 6.92 Å². The molecule has 2 heterocycles. The molecule has 3 aromatic rings. The van der Waals surface area contributed by atoms with Crippen LogP contribution in [0.5, 0.6) is 5.75 Å². The summed E-state index contributed by atoms with van der Waals surface area (Å²) in [4.78, 5) is 31.2. The normalized spacial score (nSPS) is 17.2. The summed E-state index contributed by atoms with van der Waals surface area (Å²) >= 11 is 0. The van der Waals surface area contributed by atoms with Gasteiger partial charge in [-0.3, -0.25) is 14.6 Å². The highest BCUT2D eigenvalue weighted by Crippen LogP contribution is 2.39. The van der Waals surface area contributed by atoms with Crippen molar-refractivity contribution in [1.29, 1.82) is 0 Å². The van der Waals surface area contributed by atoms with Crippen LogP contribution in [0.2, 0.25) is 0 Å². The number of hydrogen-bond acceptors (Lipinski definition) is 6. The van der Waals surface area contributed by atoms with Gasteiger partial charge in [0, 0.05) is 31.6 Å². The molecule has 2 aromatic carbocycles. The van der Waals surface area contributed by atoms with Gasteiger partial charge in [0.05, 0.1) is 18.2 Å². The van der Waals surface area contributed by atoms with Gasteiger partial charge in [-0.25, -0.2) is 0 Å². The Labute approximate surface area is 198 Å². The molecular weight excluding hydrogens is 432 g/mol. The van der Waals surface area contributed by atoms with Crippen molar-refractivity contribution in [2.75, 3.05) is 20.3 Å². The van der Waals surface area contributed by atoms with Gasteiger partial charge in [0.1, 0.15) is 18.1 Å². The van der Waals surface area contributed by atoms with Crippen LogP contribution in [0.15, 0.2) is 78.6 Å². The summed E-state index contributed by atoms with van der Waals surface area (Å²) in [6.45, 7) is 2.93. The zero-order valence-electron chi connectivity index (χ0n) is 19.1. The summed E-state index contributed by atoms with van der Waals surface area (Å²) in [5.41, 5.74) is 3.37. The van der Waals surface area contributed by atoms with E-state index in [0.29, 0.717) is 23.5 Å². The van der Waals surface area contributed by atoms with Gasteiger partial charge in [0.25, 0.3) is 11.7 Å². The van der Waals surface area contributed by atoms with Gasteiger partial charge in [-0.15, -0.1) is 0 Å². The fraction of sp³-hybridized carbons (Fsp3) is 0.222. The Kier molecular flexibility index (Phi) is 7.04. The van der Waals surface area contributed by atoms with E-state index < -0.39 is 17.7 Å². The summed E-state index contributed by atoms with van der Waals surface area (Å²) in [6.07, 6.45) is 3.18. The Balaban J connectivity index is 1.62. The lowest BCUT2D eigenvalue weighted by Crippen LogP contribution is -2.32. The van der Waals surface area contributed by atoms with Crippen LogP contribution in [0.4, 0.5) is 0 Å². The van der Waals surface area contributed by atoms with E-state index >= 15 is 0 Å². The van der Waals surface area contributed by atoms with Gasteiger partial charge in [-0.2, -0.15) is 0 Å². The number of amides is 1. The average molecular weight is 459 g/mol. The van der Waals surface area contributed by atoms with E-state index in [1.807, 2.05) is 25.1 Å². The third-order valence-electron chi connectivity index (χ3n) is 5.71. The minimum absolute atomic E-state index is 0.0423. The van der Waals surface area contributed by atoms with E-state index in [1.165, 1.54) is 12.0 Å². The van der Waals surface area contributed by atoms with Crippen LogP contribution in [-0.4, -0.2) is 46.9 Å². The molecule has 7 heteroatoms. The highest BCUT2D eigenvalue weighted by atomic mass is 16.5. The first-order chi connectivity index (χ1) is 16.5. The number of carbonyl (C=O) groups excluding carboxylic acids is 2. The summed E-state index contributed by atoms with van der Waals surface area (Å²) < 4.78 is 11.0. The lowest BCUT2D eigenvalue weighted by Gasteiger charge is -2.24. The van der Waals surface area contributed by atoms with E-state index in [9.17, 15) is 14.7 Å². The zero-order valence-corrected chi connectivity index (χ0v) is 19.1. The first-order valence-electron chi connectivity index (χ1n) is 11.0. The Morgan fingerprint density at radius 1 is 1.06 bits per heavy atom. The molecule has 0 spiro atoms. The molecule has 1 atom stereocenters. The maximum atomic E-state index is 12.9. The predicted octanol–water partition coefficient (Wildman–Crippen LogP) is 4.04. The molecule has 174 valence electrons. The fourth-order valence-corrected chi connectivity index (χ4v) is 4.03. The molecule has 1 saturated heterocycles. The average Bonchev–Trinajstić information content (AvgIpc) is 3.11. The lowest BCUT2D eigenvalue weighted by molar-refractivity contribution is -0.140. The quantitative estimate of drug-likeness (QED) is 0.311. The van der Waals surface area contributed by atoms with E-state index in [2.05, 4.69) is 11.1 Å². The monoisotopic (exact) mass is 458 g/mol. The number of aliphatic hydroxyl groups excluding tert-OH is 1. The molecule has 1 fully saturated rings. The second-order valence-electron chi connectivity index (χ2n) is 8.07. The minimum atomic E-state index is -0.727. The van der Waals surface area contributed by atoms with Gasteiger partial charge in [-0.05, 0) is 54.4 Å². The number of likely N-dealkylation sites (tertiary alicyclic amines) is 1. The predicted molar refractivity (Wildman–Crippen MR) is 127 cm³/mol. The largest absolute Gasteiger partial charge is 0.507 e. The smallest absolute Gasteiger partial charge is 0.295 e. The van der Waals surface area contributed by atoms with Gasteiger partial charge in [-0.1, -0.05) is 29.8 Å². The molecule has 1 aliphatic rings. The topological polar surface area (TPSA) is 89.0 Å². The molecule has 7 nitrogen and oxygen atoms in total. The number of Topliss-reactive ketones (excluding diaryl/α,β-unsaturated/α-hetero) is 1. The van der Waals surface area contributed by atoms with E-state index in [1.54, 1.807) is 48.8 Å². The number of benzene rings is 2. The van der Waals surface area contributed by atoms with Gasteiger partial charge in [0.2, 0.25) is 0 Å². The van der Waals surface area contributed by atoms with E-state index in [4.69, 9.17) is 9.47 Å². The second-order valence-corrected chi connectivity index (χ2v) is 8.07. The van der Waals surface area contributed by atoms with Crippen molar-refractivity contribution in [3.8, 4) is 5.75 Å². The van der Waals surface area contributed by atoms with Crippen LogP contribution in [0.3, 0.4) is 0 Å². The number of aryl methyl sites for hydroxylation is 1. The van der Waals surface area contributed by atoms with Crippen LogP contribution < -0.4 is 4.74 Å². The summed E-state index contributed by atoms with van der Waals surface area (Å²) in [6, 6.07) is 17.6. The van der Waals surface area contributed by atoms with Crippen LogP contribution in [0.25, 0.3) is 5.76 Å². The maximum absolute atomic E-state index is 12.9. The Bertz CT molecular complexity index is 1210. The van der Waals surface area contributed by atoms with Gasteiger partial charge >= 0.3 is 0 Å². The van der Waals surface area contributed by atoms with E-state index in [-0.39, 0.29) is 24.5 Å². The Morgan fingerprint density at radius 2 is 1.79 bits per heavy atom. The number of carbonyl (C=O) groups is 2.